The maximum atomic E-state index is 12.5. The average molecular weight is 337 g/mol. The number of rotatable bonds is 4. The fraction of sp³-hybridized carbons (Fsp3) is 0.300. The highest BCUT2D eigenvalue weighted by atomic mass is 16.2. The van der Waals surface area contributed by atoms with Gasteiger partial charge in [-0.05, 0) is 49.6 Å². The van der Waals surface area contributed by atoms with Crippen LogP contribution in [0.4, 0.5) is 10.5 Å². The molecule has 0 spiro atoms. The minimum atomic E-state index is -0.109. The van der Waals surface area contributed by atoms with Crippen LogP contribution in [0.2, 0.25) is 0 Å². The SMILES string of the molecule is CC(C)NC(=O)c1cccc(CNC(=O)N2CCc3ccccc32)c1. The molecule has 3 rings (SSSR count). The monoisotopic (exact) mass is 337 g/mol. The van der Waals surface area contributed by atoms with E-state index in [0.717, 1.165) is 17.7 Å². The van der Waals surface area contributed by atoms with Crippen molar-refractivity contribution < 1.29 is 9.59 Å². The number of urea groups is 1. The lowest BCUT2D eigenvalue weighted by Crippen LogP contribution is -2.38. The summed E-state index contributed by atoms with van der Waals surface area (Å²) in [5, 5.41) is 5.82. The first-order valence-electron chi connectivity index (χ1n) is 8.57. The van der Waals surface area contributed by atoms with Gasteiger partial charge in [-0.1, -0.05) is 30.3 Å². The van der Waals surface area contributed by atoms with Gasteiger partial charge in [-0.3, -0.25) is 9.69 Å². The summed E-state index contributed by atoms with van der Waals surface area (Å²) in [7, 11) is 0. The zero-order chi connectivity index (χ0) is 17.8. The van der Waals surface area contributed by atoms with Crippen LogP contribution in [-0.4, -0.2) is 24.5 Å². The van der Waals surface area contributed by atoms with E-state index in [1.54, 1.807) is 11.0 Å². The van der Waals surface area contributed by atoms with E-state index in [2.05, 4.69) is 16.7 Å². The molecule has 130 valence electrons. The van der Waals surface area contributed by atoms with Gasteiger partial charge in [-0.25, -0.2) is 4.79 Å². The van der Waals surface area contributed by atoms with E-state index in [-0.39, 0.29) is 18.0 Å². The van der Waals surface area contributed by atoms with Crippen molar-refractivity contribution in [1.29, 1.82) is 0 Å². The van der Waals surface area contributed by atoms with Crippen LogP contribution in [0.25, 0.3) is 0 Å². The Morgan fingerprint density at radius 1 is 1.12 bits per heavy atom. The predicted molar refractivity (Wildman–Crippen MR) is 98.8 cm³/mol. The molecular formula is C20H23N3O2. The quantitative estimate of drug-likeness (QED) is 0.900. The first-order valence-corrected chi connectivity index (χ1v) is 8.57. The van der Waals surface area contributed by atoms with Crippen LogP contribution in [0.5, 0.6) is 0 Å². The third-order valence-corrected chi connectivity index (χ3v) is 4.18. The second-order valence-corrected chi connectivity index (χ2v) is 6.52. The zero-order valence-electron chi connectivity index (χ0n) is 14.6. The van der Waals surface area contributed by atoms with Gasteiger partial charge in [0.25, 0.3) is 5.91 Å². The van der Waals surface area contributed by atoms with Crippen LogP contribution >= 0.6 is 0 Å². The molecule has 0 aromatic heterocycles. The minimum absolute atomic E-state index is 0.0890. The summed E-state index contributed by atoms with van der Waals surface area (Å²) >= 11 is 0. The lowest BCUT2D eigenvalue weighted by molar-refractivity contribution is 0.0943. The van der Waals surface area contributed by atoms with E-state index in [1.807, 2.05) is 50.2 Å². The summed E-state index contributed by atoms with van der Waals surface area (Å²) in [5.41, 5.74) is 3.68. The summed E-state index contributed by atoms with van der Waals surface area (Å²) in [6.07, 6.45) is 0.883. The Balaban J connectivity index is 1.62. The van der Waals surface area contributed by atoms with E-state index in [1.165, 1.54) is 5.56 Å². The summed E-state index contributed by atoms with van der Waals surface area (Å²) in [6.45, 7) is 4.94. The van der Waals surface area contributed by atoms with Gasteiger partial charge in [0.2, 0.25) is 0 Å². The van der Waals surface area contributed by atoms with Crippen molar-refractivity contribution in [2.75, 3.05) is 11.4 Å². The fourth-order valence-corrected chi connectivity index (χ4v) is 2.99. The van der Waals surface area contributed by atoms with Crippen molar-refractivity contribution in [1.82, 2.24) is 10.6 Å². The number of para-hydroxylation sites is 1. The van der Waals surface area contributed by atoms with E-state index in [0.29, 0.717) is 18.7 Å². The first kappa shape index (κ1) is 17.0. The topological polar surface area (TPSA) is 61.4 Å². The summed E-state index contributed by atoms with van der Waals surface area (Å²) < 4.78 is 0. The number of amides is 3. The van der Waals surface area contributed by atoms with Gasteiger partial charge in [0.15, 0.2) is 0 Å². The number of hydrogen-bond acceptors (Lipinski definition) is 2. The molecule has 0 bridgehead atoms. The number of benzene rings is 2. The Morgan fingerprint density at radius 3 is 2.72 bits per heavy atom. The van der Waals surface area contributed by atoms with Crippen molar-refractivity contribution in [2.45, 2.75) is 32.9 Å². The molecule has 25 heavy (non-hydrogen) atoms. The summed E-state index contributed by atoms with van der Waals surface area (Å²) in [5.74, 6) is -0.100. The Hall–Kier alpha value is -2.82. The molecule has 1 aliphatic rings. The average Bonchev–Trinajstić information content (AvgIpc) is 3.03. The molecule has 0 saturated carbocycles. The van der Waals surface area contributed by atoms with Gasteiger partial charge in [0.05, 0.1) is 0 Å². The van der Waals surface area contributed by atoms with Crippen molar-refractivity contribution in [3.8, 4) is 0 Å². The smallest absolute Gasteiger partial charge is 0.322 e. The molecule has 2 aromatic carbocycles. The van der Waals surface area contributed by atoms with Gasteiger partial charge < -0.3 is 10.6 Å². The fourth-order valence-electron chi connectivity index (χ4n) is 2.99. The van der Waals surface area contributed by atoms with Gasteiger partial charge in [-0.2, -0.15) is 0 Å². The number of nitrogens with one attached hydrogen (secondary N) is 2. The molecule has 3 amide bonds. The van der Waals surface area contributed by atoms with Crippen molar-refractivity contribution in [3.63, 3.8) is 0 Å². The summed E-state index contributed by atoms with van der Waals surface area (Å²) in [6, 6.07) is 15.3. The third-order valence-electron chi connectivity index (χ3n) is 4.18. The standard InChI is InChI=1S/C20H23N3O2/c1-14(2)22-19(24)17-8-5-6-15(12-17)13-21-20(25)23-11-10-16-7-3-4-9-18(16)23/h3-9,12,14H,10-11,13H2,1-2H3,(H,21,25)(H,22,24). The minimum Gasteiger partial charge on any atom is -0.350 e. The Morgan fingerprint density at radius 2 is 1.92 bits per heavy atom. The van der Waals surface area contributed by atoms with Gasteiger partial charge in [0.1, 0.15) is 0 Å². The second kappa shape index (κ2) is 7.38. The van der Waals surface area contributed by atoms with Crippen LogP contribution in [0, 0.1) is 0 Å². The van der Waals surface area contributed by atoms with E-state index >= 15 is 0 Å². The molecule has 0 aliphatic carbocycles. The van der Waals surface area contributed by atoms with E-state index in [4.69, 9.17) is 0 Å². The Kier molecular flexibility index (Phi) is 5.03. The first-order chi connectivity index (χ1) is 12.0. The molecule has 5 heteroatoms. The second-order valence-electron chi connectivity index (χ2n) is 6.52. The third kappa shape index (κ3) is 3.99. The van der Waals surface area contributed by atoms with Crippen molar-refractivity contribution in [2.24, 2.45) is 0 Å². The summed E-state index contributed by atoms with van der Waals surface area (Å²) in [4.78, 5) is 26.3. The van der Waals surface area contributed by atoms with Crippen molar-refractivity contribution >= 4 is 17.6 Å². The Labute approximate surface area is 148 Å². The molecule has 1 aliphatic heterocycles. The lowest BCUT2D eigenvalue weighted by Gasteiger charge is -2.18. The lowest BCUT2D eigenvalue weighted by atomic mass is 10.1. The van der Waals surface area contributed by atoms with Crippen LogP contribution in [0.15, 0.2) is 48.5 Å². The van der Waals surface area contributed by atoms with Crippen LogP contribution in [0.3, 0.4) is 0 Å². The van der Waals surface area contributed by atoms with E-state index in [9.17, 15) is 9.59 Å². The number of anilines is 1. The molecular weight excluding hydrogens is 314 g/mol. The molecule has 0 radical (unpaired) electrons. The zero-order valence-corrected chi connectivity index (χ0v) is 14.6. The number of carbonyl (C=O) groups is 2. The Bertz CT molecular complexity index is 786. The number of fused-ring (bicyclic) bond motifs is 1. The van der Waals surface area contributed by atoms with Gasteiger partial charge >= 0.3 is 6.03 Å². The predicted octanol–water partition coefficient (Wildman–Crippen LogP) is 3.10. The molecule has 0 fully saturated rings. The molecule has 0 unspecified atom stereocenters. The molecule has 2 aromatic rings. The van der Waals surface area contributed by atoms with Crippen LogP contribution < -0.4 is 15.5 Å². The highest BCUT2D eigenvalue weighted by Crippen LogP contribution is 2.27. The van der Waals surface area contributed by atoms with Crippen LogP contribution in [0.1, 0.15) is 35.3 Å². The van der Waals surface area contributed by atoms with Crippen LogP contribution in [-0.2, 0) is 13.0 Å². The molecule has 5 nitrogen and oxygen atoms in total. The molecule has 0 atom stereocenters. The normalized spacial score (nSPS) is 12.8. The highest BCUT2D eigenvalue weighted by Gasteiger charge is 2.23. The maximum Gasteiger partial charge on any atom is 0.322 e. The molecule has 2 N–H and O–H groups in total. The molecule has 0 saturated heterocycles. The highest BCUT2D eigenvalue weighted by molar-refractivity contribution is 5.95. The van der Waals surface area contributed by atoms with E-state index < -0.39 is 0 Å². The largest absolute Gasteiger partial charge is 0.350 e. The number of nitrogens with zero attached hydrogens (tertiary/aromatic N) is 1. The molecule has 1 heterocycles. The maximum absolute atomic E-state index is 12.5. The number of carbonyl (C=O) groups excluding carboxylic acids is 2. The van der Waals surface area contributed by atoms with Crippen molar-refractivity contribution in [3.05, 3.63) is 65.2 Å². The van der Waals surface area contributed by atoms with Gasteiger partial charge in [-0.15, -0.1) is 0 Å². The number of hydrogen-bond donors (Lipinski definition) is 2. The van der Waals surface area contributed by atoms with Gasteiger partial charge in [0, 0.05) is 30.4 Å².